The van der Waals surface area contributed by atoms with Crippen LogP contribution in [0.1, 0.15) is 23.2 Å². The van der Waals surface area contributed by atoms with Gasteiger partial charge in [-0.1, -0.05) is 0 Å². The van der Waals surface area contributed by atoms with E-state index in [-0.39, 0.29) is 40.8 Å². The van der Waals surface area contributed by atoms with Gasteiger partial charge in [0.15, 0.2) is 17.3 Å². The lowest BCUT2D eigenvalue weighted by Crippen LogP contribution is -2.48. The van der Waals surface area contributed by atoms with Gasteiger partial charge in [-0.25, -0.2) is 4.39 Å². The third kappa shape index (κ3) is 7.22. The molecule has 1 fully saturated rings. The Bertz CT molecular complexity index is 1740. The van der Waals surface area contributed by atoms with E-state index in [0.717, 1.165) is 26.1 Å². The van der Waals surface area contributed by atoms with Crippen molar-refractivity contribution in [1.29, 1.82) is 0 Å². The average molecular weight is 651 g/mol. The highest BCUT2D eigenvalue weighted by atomic mass is 19.1. The van der Waals surface area contributed by atoms with E-state index in [9.17, 15) is 14.0 Å². The molecule has 0 unspecified atom stereocenters. The molecular weight excluding hydrogens is 611 g/mol. The first-order chi connectivity index (χ1) is 22.8. The summed E-state index contributed by atoms with van der Waals surface area (Å²) in [5, 5.41) is 0.229. The maximum absolute atomic E-state index is 14.0. The van der Waals surface area contributed by atoms with Gasteiger partial charge in [0, 0.05) is 49.4 Å². The van der Waals surface area contributed by atoms with Crippen molar-refractivity contribution in [2.24, 2.45) is 0 Å². The van der Waals surface area contributed by atoms with Gasteiger partial charge in [-0.15, -0.1) is 0 Å². The van der Waals surface area contributed by atoms with Crippen LogP contribution in [0.25, 0.3) is 22.3 Å². The number of carbonyl (C=O) groups excluding carboxylic acids is 1. The van der Waals surface area contributed by atoms with Gasteiger partial charge >= 0.3 is 0 Å². The second kappa shape index (κ2) is 15.1. The van der Waals surface area contributed by atoms with Crippen LogP contribution in [0, 0.1) is 5.82 Å². The molecule has 3 aromatic carbocycles. The van der Waals surface area contributed by atoms with E-state index in [1.807, 2.05) is 0 Å². The molecule has 250 valence electrons. The molecule has 11 nitrogen and oxygen atoms in total. The summed E-state index contributed by atoms with van der Waals surface area (Å²) in [6, 6.07) is 12.3. The van der Waals surface area contributed by atoms with Crippen LogP contribution >= 0.6 is 0 Å². The summed E-state index contributed by atoms with van der Waals surface area (Å²) in [5.41, 5.74) is 0.844. The lowest BCUT2D eigenvalue weighted by Gasteiger charge is -2.34. The highest BCUT2D eigenvalue weighted by Crippen LogP contribution is 2.44. The maximum Gasteiger partial charge on any atom is 0.253 e. The molecule has 1 amide bonds. The van der Waals surface area contributed by atoms with Crippen LogP contribution in [-0.2, 0) is 0 Å². The Morgan fingerprint density at radius 3 is 2.04 bits per heavy atom. The van der Waals surface area contributed by atoms with Gasteiger partial charge < -0.3 is 37.7 Å². The van der Waals surface area contributed by atoms with Crippen molar-refractivity contribution in [2.45, 2.75) is 12.8 Å². The predicted octanol–water partition coefficient (Wildman–Crippen LogP) is 5.26. The monoisotopic (exact) mass is 650 g/mol. The summed E-state index contributed by atoms with van der Waals surface area (Å²) in [6.07, 6.45) is 1.48. The molecular formula is C35H39FN2O9. The number of hydrogen-bond donors (Lipinski definition) is 0. The topological polar surface area (TPSA) is 109 Å². The van der Waals surface area contributed by atoms with Crippen molar-refractivity contribution >= 4 is 16.9 Å². The summed E-state index contributed by atoms with van der Waals surface area (Å²) in [5.74, 6) is 1.70. The predicted molar refractivity (Wildman–Crippen MR) is 174 cm³/mol. The third-order valence-electron chi connectivity index (χ3n) is 8.14. The van der Waals surface area contributed by atoms with Crippen LogP contribution in [-0.4, -0.2) is 90.6 Å². The number of benzene rings is 3. The molecule has 0 aliphatic carbocycles. The van der Waals surface area contributed by atoms with Gasteiger partial charge in [0.05, 0.1) is 42.2 Å². The summed E-state index contributed by atoms with van der Waals surface area (Å²) in [7, 11) is 7.52. The number of rotatable bonds is 13. The number of nitrogens with zero attached hydrogens (tertiary/aromatic N) is 2. The quantitative estimate of drug-likeness (QED) is 0.178. The molecule has 0 saturated carbocycles. The highest BCUT2D eigenvalue weighted by Gasteiger charge is 2.25. The molecule has 4 aromatic rings. The largest absolute Gasteiger partial charge is 0.496 e. The van der Waals surface area contributed by atoms with Crippen LogP contribution in [0.15, 0.2) is 57.7 Å². The van der Waals surface area contributed by atoms with E-state index in [1.54, 1.807) is 29.2 Å². The Hall–Kier alpha value is -4.97. The third-order valence-corrected chi connectivity index (χ3v) is 8.14. The van der Waals surface area contributed by atoms with Crippen molar-refractivity contribution in [2.75, 3.05) is 74.9 Å². The molecule has 0 N–H and O–H groups in total. The number of hydrogen-bond acceptors (Lipinski definition) is 10. The lowest BCUT2D eigenvalue weighted by molar-refractivity contribution is 0.0634. The SMILES string of the molecule is COc1cc(OC)c2c(=O)c(OCCCCN3CCN(C(=O)c4ccc(F)cc4)CC3)c(-c3cc(OC)c(OC)c(OC)c3)oc2c1. The minimum Gasteiger partial charge on any atom is -0.496 e. The average Bonchev–Trinajstić information content (AvgIpc) is 3.11. The van der Waals surface area contributed by atoms with Crippen LogP contribution < -0.4 is 33.8 Å². The number of unbranched alkanes of at least 4 members (excludes halogenated alkanes) is 1. The number of fused-ring (bicyclic) bond motifs is 1. The zero-order chi connectivity index (χ0) is 33.5. The van der Waals surface area contributed by atoms with Crippen LogP contribution in [0.5, 0.6) is 34.5 Å². The van der Waals surface area contributed by atoms with Crippen molar-refractivity contribution in [3.63, 3.8) is 0 Å². The first-order valence-electron chi connectivity index (χ1n) is 15.2. The molecule has 0 atom stereocenters. The minimum absolute atomic E-state index is 0.0307. The van der Waals surface area contributed by atoms with Crippen LogP contribution in [0.2, 0.25) is 0 Å². The number of halogens is 1. The maximum atomic E-state index is 14.0. The van der Waals surface area contributed by atoms with Crippen molar-refractivity contribution in [3.05, 3.63) is 70.1 Å². The van der Waals surface area contributed by atoms with E-state index in [4.69, 9.17) is 32.8 Å². The molecule has 1 saturated heterocycles. The number of ether oxygens (including phenoxy) is 6. The zero-order valence-electron chi connectivity index (χ0n) is 27.2. The molecule has 0 bridgehead atoms. The first-order valence-corrected chi connectivity index (χ1v) is 15.2. The summed E-state index contributed by atoms with van der Waals surface area (Å²) >= 11 is 0. The second-order valence-corrected chi connectivity index (χ2v) is 10.9. The molecule has 0 radical (unpaired) electrons. The summed E-state index contributed by atoms with van der Waals surface area (Å²) in [4.78, 5) is 30.8. The normalized spacial score (nSPS) is 13.4. The Labute approximate surface area is 272 Å². The molecule has 0 spiro atoms. The Morgan fingerprint density at radius 1 is 0.787 bits per heavy atom. The highest BCUT2D eigenvalue weighted by molar-refractivity contribution is 5.94. The molecule has 1 aliphatic rings. The molecule has 2 heterocycles. The lowest BCUT2D eigenvalue weighted by atomic mass is 10.1. The second-order valence-electron chi connectivity index (χ2n) is 10.9. The Kier molecular flexibility index (Phi) is 10.7. The van der Waals surface area contributed by atoms with Crippen LogP contribution in [0.3, 0.4) is 0 Å². The standard InChI is InChI=1S/C35H39FN2O9/c1-41-25-20-26(42-2)30-27(21-25)47-32(23-18-28(43-3)33(45-5)29(19-23)44-4)34(31(30)39)46-17-7-6-12-37-13-15-38(16-14-37)35(40)22-8-10-24(36)11-9-22/h8-11,18-21H,6-7,12-17H2,1-5H3. The van der Waals surface area contributed by atoms with Gasteiger partial charge in [0.25, 0.3) is 5.91 Å². The van der Waals surface area contributed by atoms with E-state index < -0.39 is 5.43 Å². The molecule has 1 aliphatic heterocycles. The van der Waals surface area contributed by atoms with Crippen molar-refractivity contribution in [3.8, 4) is 45.8 Å². The van der Waals surface area contributed by atoms with Gasteiger partial charge in [0.1, 0.15) is 28.3 Å². The smallest absolute Gasteiger partial charge is 0.253 e. The number of methoxy groups -OCH3 is 5. The van der Waals surface area contributed by atoms with Crippen molar-refractivity contribution in [1.82, 2.24) is 9.80 Å². The molecule has 5 rings (SSSR count). The van der Waals surface area contributed by atoms with Gasteiger partial charge in [0.2, 0.25) is 16.9 Å². The van der Waals surface area contributed by atoms with Crippen molar-refractivity contribution < 1.29 is 42.0 Å². The Balaban J connectivity index is 1.31. The minimum atomic E-state index is -0.392. The fourth-order valence-electron chi connectivity index (χ4n) is 5.62. The number of amides is 1. The summed E-state index contributed by atoms with van der Waals surface area (Å²) in [6.45, 7) is 3.72. The van der Waals surface area contributed by atoms with E-state index in [0.29, 0.717) is 59.4 Å². The fraction of sp³-hybridized carbons (Fsp3) is 0.371. The molecule has 47 heavy (non-hydrogen) atoms. The Morgan fingerprint density at radius 2 is 1.45 bits per heavy atom. The zero-order valence-corrected chi connectivity index (χ0v) is 27.2. The van der Waals surface area contributed by atoms with E-state index in [1.165, 1.54) is 59.8 Å². The number of piperazine rings is 1. The van der Waals surface area contributed by atoms with Gasteiger partial charge in [-0.2, -0.15) is 0 Å². The first kappa shape index (κ1) is 33.4. The van der Waals surface area contributed by atoms with Gasteiger partial charge in [-0.05, 0) is 55.8 Å². The van der Waals surface area contributed by atoms with E-state index in [2.05, 4.69) is 4.90 Å². The number of carbonyl (C=O) groups is 1. The molecule has 1 aromatic heterocycles. The van der Waals surface area contributed by atoms with E-state index >= 15 is 0 Å². The van der Waals surface area contributed by atoms with Crippen LogP contribution in [0.4, 0.5) is 4.39 Å². The van der Waals surface area contributed by atoms with Gasteiger partial charge in [-0.3, -0.25) is 14.5 Å². The summed E-state index contributed by atoms with van der Waals surface area (Å²) < 4.78 is 53.3. The fourth-order valence-corrected chi connectivity index (χ4v) is 5.62. The molecule has 12 heteroatoms.